The lowest BCUT2D eigenvalue weighted by Crippen LogP contribution is -2.11. The molecule has 0 saturated heterocycles. The number of ether oxygens (including phenoxy) is 1. The van der Waals surface area contributed by atoms with E-state index in [0.29, 0.717) is 11.2 Å². The highest BCUT2D eigenvalue weighted by atomic mass is 19.4. The molecule has 4 nitrogen and oxygen atoms in total. The third-order valence-electron chi connectivity index (χ3n) is 4.34. The Kier molecular flexibility index (Phi) is 4.98. The topological polar surface area (TPSA) is 61.7 Å². The lowest BCUT2D eigenvalue weighted by atomic mass is 10.0. The molecule has 0 radical (unpaired) electrons. The predicted molar refractivity (Wildman–Crippen MR) is 93.0 cm³/mol. The Morgan fingerprint density at radius 2 is 1.71 bits per heavy atom. The van der Waals surface area contributed by atoms with Crippen LogP contribution in [-0.2, 0) is 12.7 Å². The Balaban J connectivity index is 1.88. The highest BCUT2D eigenvalue weighted by Crippen LogP contribution is 2.38. The van der Waals surface area contributed by atoms with Gasteiger partial charge in [0, 0.05) is 22.7 Å². The molecule has 0 amide bonds. The summed E-state index contributed by atoms with van der Waals surface area (Å²) in [5.74, 6) is -0.491. The molecule has 8 heteroatoms. The van der Waals surface area contributed by atoms with Crippen molar-refractivity contribution in [3.05, 3.63) is 64.6 Å². The van der Waals surface area contributed by atoms with Crippen molar-refractivity contribution >= 4 is 10.9 Å². The standard InChI is InChI=1S/C20H13F4N3O/c1-12-8-16-18(5-3-14(11-26)19(16)20(22,23)24)27(12)6-7-28-15-4-2-13(10-25)17(21)9-15/h2-5,8-9H,6-7H2,1H3. The van der Waals surface area contributed by atoms with E-state index in [1.807, 2.05) is 0 Å². The first-order valence-electron chi connectivity index (χ1n) is 8.19. The summed E-state index contributed by atoms with van der Waals surface area (Å²) in [6.07, 6.45) is -4.65. The van der Waals surface area contributed by atoms with Gasteiger partial charge in [0.2, 0.25) is 0 Å². The molecule has 3 rings (SSSR count). The van der Waals surface area contributed by atoms with Crippen LogP contribution >= 0.6 is 0 Å². The molecule has 2 aromatic carbocycles. The van der Waals surface area contributed by atoms with Crippen LogP contribution in [0.25, 0.3) is 10.9 Å². The number of rotatable bonds is 4. The van der Waals surface area contributed by atoms with Crippen molar-refractivity contribution in [3.63, 3.8) is 0 Å². The molecule has 0 aliphatic heterocycles. The van der Waals surface area contributed by atoms with Crippen molar-refractivity contribution in [2.24, 2.45) is 0 Å². The molecule has 0 N–H and O–H groups in total. The quantitative estimate of drug-likeness (QED) is 0.597. The second-order valence-corrected chi connectivity index (χ2v) is 6.07. The summed E-state index contributed by atoms with van der Waals surface area (Å²) in [7, 11) is 0. The number of benzene rings is 2. The summed E-state index contributed by atoms with van der Waals surface area (Å²) in [6.45, 7) is 1.96. The molecular weight excluding hydrogens is 374 g/mol. The van der Waals surface area contributed by atoms with E-state index in [1.165, 1.54) is 24.3 Å². The number of nitrogens with zero attached hydrogens (tertiary/aromatic N) is 3. The largest absolute Gasteiger partial charge is 0.492 e. The van der Waals surface area contributed by atoms with Crippen LogP contribution in [0.5, 0.6) is 5.75 Å². The Labute approximate surface area is 157 Å². The van der Waals surface area contributed by atoms with Crippen molar-refractivity contribution < 1.29 is 22.3 Å². The molecular formula is C20H13F4N3O. The van der Waals surface area contributed by atoms with Gasteiger partial charge in [0.05, 0.1) is 29.3 Å². The molecule has 28 heavy (non-hydrogen) atoms. The fourth-order valence-electron chi connectivity index (χ4n) is 3.09. The van der Waals surface area contributed by atoms with Gasteiger partial charge >= 0.3 is 6.18 Å². The van der Waals surface area contributed by atoms with Crippen LogP contribution in [0.1, 0.15) is 22.4 Å². The van der Waals surface area contributed by atoms with Gasteiger partial charge < -0.3 is 9.30 Å². The van der Waals surface area contributed by atoms with E-state index in [2.05, 4.69) is 0 Å². The maximum atomic E-state index is 13.6. The molecule has 1 heterocycles. The normalized spacial score (nSPS) is 11.2. The molecule has 0 atom stereocenters. The molecule has 0 aliphatic rings. The Morgan fingerprint density at radius 1 is 1.04 bits per heavy atom. The maximum absolute atomic E-state index is 13.6. The summed E-state index contributed by atoms with van der Waals surface area (Å²) in [4.78, 5) is 0. The van der Waals surface area contributed by atoms with Crippen molar-refractivity contribution in [2.75, 3.05) is 6.61 Å². The van der Waals surface area contributed by atoms with Gasteiger partial charge in [-0.25, -0.2) is 4.39 Å². The van der Waals surface area contributed by atoms with Gasteiger partial charge in [-0.1, -0.05) is 0 Å². The lowest BCUT2D eigenvalue weighted by Gasteiger charge is -2.13. The van der Waals surface area contributed by atoms with Gasteiger partial charge in [-0.05, 0) is 37.3 Å². The summed E-state index contributed by atoms with van der Waals surface area (Å²) in [5.41, 5.74) is -0.581. The Hall–Kier alpha value is -3.52. The Bertz CT molecular complexity index is 1130. The van der Waals surface area contributed by atoms with Crippen molar-refractivity contribution in [2.45, 2.75) is 19.6 Å². The van der Waals surface area contributed by atoms with E-state index in [1.54, 1.807) is 23.6 Å². The Morgan fingerprint density at radius 3 is 2.32 bits per heavy atom. The summed E-state index contributed by atoms with van der Waals surface area (Å²) in [6, 6.07) is 11.1. The molecule has 3 aromatic rings. The molecule has 0 fully saturated rings. The SMILES string of the molecule is Cc1cc2c(C(F)(F)F)c(C#N)ccc2n1CCOc1ccc(C#N)c(F)c1. The van der Waals surface area contributed by atoms with Crippen LogP contribution in [0.3, 0.4) is 0 Å². The van der Waals surface area contributed by atoms with E-state index < -0.39 is 23.1 Å². The second kappa shape index (κ2) is 7.24. The minimum absolute atomic E-state index is 0.0477. The third-order valence-corrected chi connectivity index (χ3v) is 4.34. The zero-order valence-electron chi connectivity index (χ0n) is 14.6. The average Bonchev–Trinajstić information content (AvgIpc) is 2.95. The van der Waals surface area contributed by atoms with Crippen LogP contribution < -0.4 is 4.74 Å². The van der Waals surface area contributed by atoms with E-state index in [-0.39, 0.29) is 29.9 Å². The first-order chi connectivity index (χ1) is 13.3. The number of aromatic nitrogens is 1. The minimum Gasteiger partial charge on any atom is -0.492 e. The molecule has 0 saturated carbocycles. The predicted octanol–water partition coefficient (Wildman–Crippen LogP) is 4.93. The van der Waals surface area contributed by atoms with Crippen LogP contribution in [-0.4, -0.2) is 11.2 Å². The molecule has 0 bridgehead atoms. The third kappa shape index (κ3) is 3.49. The minimum atomic E-state index is -4.65. The summed E-state index contributed by atoms with van der Waals surface area (Å²) < 4.78 is 61.0. The van der Waals surface area contributed by atoms with Crippen molar-refractivity contribution in [3.8, 4) is 17.9 Å². The fourth-order valence-corrected chi connectivity index (χ4v) is 3.09. The van der Waals surface area contributed by atoms with E-state index in [9.17, 15) is 17.6 Å². The highest BCUT2D eigenvalue weighted by molar-refractivity contribution is 5.87. The average molecular weight is 387 g/mol. The van der Waals surface area contributed by atoms with E-state index in [0.717, 1.165) is 12.1 Å². The number of halogens is 4. The van der Waals surface area contributed by atoms with Crippen LogP contribution in [0.2, 0.25) is 0 Å². The van der Waals surface area contributed by atoms with Gasteiger partial charge in [0.1, 0.15) is 24.2 Å². The summed E-state index contributed by atoms with van der Waals surface area (Å²) >= 11 is 0. The number of hydrogen-bond donors (Lipinski definition) is 0. The maximum Gasteiger partial charge on any atom is 0.418 e. The van der Waals surface area contributed by atoms with Crippen LogP contribution in [0.4, 0.5) is 17.6 Å². The number of nitriles is 2. The smallest absolute Gasteiger partial charge is 0.418 e. The van der Waals surface area contributed by atoms with Crippen molar-refractivity contribution in [1.82, 2.24) is 4.57 Å². The zero-order valence-corrected chi connectivity index (χ0v) is 14.6. The molecule has 142 valence electrons. The lowest BCUT2D eigenvalue weighted by molar-refractivity contribution is -0.136. The number of alkyl halides is 3. The first-order valence-corrected chi connectivity index (χ1v) is 8.19. The monoisotopic (exact) mass is 387 g/mol. The van der Waals surface area contributed by atoms with Gasteiger partial charge in [-0.3, -0.25) is 0 Å². The molecule has 1 aromatic heterocycles. The molecule has 0 aliphatic carbocycles. The van der Waals surface area contributed by atoms with Gasteiger partial charge in [-0.15, -0.1) is 0 Å². The first kappa shape index (κ1) is 19.2. The van der Waals surface area contributed by atoms with Crippen LogP contribution in [0.15, 0.2) is 36.4 Å². The highest BCUT2D eigenvalue weighted by Gasteiger charge is 2.36. The fraction of sp³-hybridized carbons (Fsp3) is 0.200. The number of fused-ring (bicyclic) bond motifs is 1. The van der Waals surface area contributed by atoms with E-state index in [4.69, 9.17) is 15.3 Å². The second-order valence-electron chi connectivity index (χ2n) is 6.07. The van der Waals surface area contributed by atoms with Gasteiger partial charge in [0.15, 0.2) is 0 Å². The molecule has 0 spiro atoms. The number of aryl methyl sites for hydroxylation is 1. The van der Waals surface area contributed by atoms with Crippen LogP contribution in [0, 0.1) is 35.4 Å². The van der Waals surface area contributed by atoms with Gasteiger partial charge in [-0.2, -0.15) is 23.7 Å². The summed E-state index contributed by atoms with van der Waals surface area (Å²) in [5, 5.41) is 17.7. The zero-order chi connectivity index (χ0) is 20.5. The number of hydrogen-bond acceptors (Lipinski definition) is 3. The van der Waals surface area contributed by atoms with Gasteiger partial charge in [0.25, 0.3) is 0 Å². The van der Waals surface area contributed by atoms with Crippen molar-refractivity contribution in [1.29, 1.82) is 10.5 Å². The van der Waals surface area contributed by atoms with E-state index >= 15 is 0 Å². The molecule has 0 unspecified atom stereocenters.